The third kappa shape index (κ3) is 2.81. The van der Waals surface area contributed by atoms with E-state index in [-0.39, 0.29) is 17.2 Å². The fourth-order valence-electron chi connectivity index (χ4n) is 1.66. The van der Waals surface area contributed by atoms with Crippen molar-refractivity contribution in [3.63, 3.8) is 0 Å². The van der Waals surface area contributed by atoms with Crippen LogP contribution in [0.15, 0.2) is 18.2 Å². The molecule has 0 fully saturated rings. The number of nitro benzene ring substituents is 1. The van der Waals surface area contributed by atoms with Crippen molar-refractivity contribution in [1.82, 2.24) is 4.90 Å². The number of rotatable bonds is 4. The van der Waals surface area contributed by atoms with Gasteiger partial charge in [0.15, 0.2) is 0 Å². The Morgan fingerprint density at radius 1 is 1.35 bits per heavy atom. The topological polar surface area (TPSA) is 63.5 Å². The van der Waals surface area contributed by atoms with Crippen LogP contribution >= 0.6 is 0 Å². The molecule has 0 saturated heterocycles. The molecule has 0 heterocycles. The highest BCUT2D eigenvalue weighted by Crippen LogP contribution is 2.21. The Hall–Kier alpha value is -1.91. The molecule has 0 spiro atoms. The number of nitrogens with zero attached hydrogens (tertiary/aromatic N) is 2. The highest BCUT2D eigenvalue weighted by Gasteiger charge is 2.23. The van der Waals surface area contributed by atoms with Crippen molar-refractivity contribution < 1.29 is 9.72 Å². The van der Waals surface area contributed by atoms with E-state index < -0.39 is 4.92 Å². The van der Waals surface area contributed by atoms with E-state index in [0.29, 0.717) is 13.1 Å². The van der Waals surface area contributed by atoms with Gasteiger partial charge in [0.05, 0.1) is 4.92 Å². The molecule has 0 aliphatic rings. The third-order valence-electron chi connectivity index (χ3n) is 2.63. The monoisotopic (exact) mass is 236 g/mol. The lowest BCUT2D eigenvalue weighted by molar-refractivity contribution is -0.385. The quantitative estimate of drug-likeness (QED) is 0.595. The SMILES string of the molecule is CCN(CC)C(=O)c1cc(C)ccc1[N+](=O)[O-]. The molecule has 17 heavy (non-hydrogen) atoms. The maximum absolute atomic E-state index is 12.1. The van der Waals surface area contributed by atoms with E-state index in [1.54, 1.807) is 17.0 Å². The number of amides is 1. The van der Waals surface area contributed by atoms with Crippen molar-refractivity contribution in [1.29, 1.82) is 0 Å². The minimum absolute atomic E-state index is 0.132. The lowest BCUT2D eigenvalue weighted by Crippen LogP contribution is -2.31. The zero-order chi connectivity index (χ0) is 13.0. The highest BCUT2D eigenvalue weighted by molar-refractivity contribution is 5.98. The van der Waals surface area contributed by atoms with Crippen LogP contribution in [0.4, 0.5) is 5.69 Å². The zero-order valence-electron chi connectivity index (χ0n) is 10.3. The van der Waals surface area contributed by atoms with Crippen LogP contribution in [0.25, 0.3) is 0 Å². The molecule has 1 rings (SSSR count). The largest absolute Gasteiger partial charge is 0.339 e. The van der Waals surface area contributed by atoms with Crippen LogP contribution in [0.5, 0.6) is 0 Å². The summed E-state index contributed by atoms with van der Waals surface area (Å²) in [5, 5.41) is 10.9. The molecule has 0 unspecified atom stereocenters. The van der Waals surface area contributed by atoms with E-state index in [1.165, 1.54) is 6.07 Å². The third-order valence-corrected chi connectivity index (χ3v) is 2.63. The molecule has 0 atom stereocenters. The van der Waals surface area contributed by atoms with Gasteiger partial charge in [-0.2, -0.15) is 0 Å². The summed E-state index contributed by atoms with van der Waals surface area (Å²) in [4.78, 5) is 24.0. The first kappa shape index (κ1) is 13.2. The summed E-state index contributed by atoms with van der Waals surface area (Å²) in [6.45, 7) is 6.59. The highest BCUT2D eigenvalue weighted by atomic mass is 16.6. The maximum atomic E-state index is 12.1. The van der Waals surface area contributed by atoms with Crippen molar-refractivity contribution >= 4 is 11.6 Å². The Balaban J connectivity index is 3.23. The van der Waals surface area contributed by atoms with Crippen molar-refractivity contribution in [2.45, 2.75) is 20.8 Å². The average molecular weight is 236 g/mol. The van der Waals surface area contributed by atoms with E-state index in [2.05, 4.69) is 0 Å². The van der Waals surface area contributed by atoms with Crippen LogP contribution in [0, 0.1) is 17.0 Å². The van der Waals surface area contributed by atoms with E-state index in [9.17, 15) is 14.9 Å². The molecule has 0 aliphatic carbocycles. The van der Waals surface area contributed by atoms with Crippen LogP contribution in [0.3, 0.4) is 0 Å². The van der Waals surface area contributed by atoms with Gasteiger partial charge in [-0.3, -0.25) is 14.9 Å². The van der Waals surface area contributed by atoms with Gasteiger partial charge in [-0.15, -0.1) is 0 Å². The van der Waals surface area contributed by atoms with Gasteiger partial charge >= 0.3 is 0 Å². The van der Waals surface area contributed by atoms with Gasteiger partial charge in [0, 0.05) is 19.2 Å². The van der Waals surface area contributed by atoms with Crippen LogP contribution < -0.4 is 0 Å². The predicted molar refractivity (Wildman–Crippen MR) is 65.1 cm³/mol. The average Bonchev–Trinajstić information content (AvgIpc) is 2.29. The number of nitro groups is 1. The maximum Gasteiger partial charge on any atom is 0.282 e. The molecule has 0 aliphatic heterocycles. The molecule has 0 radical (unpaired) electrons. The first-order valence-corrected chi connectivity index (χ1v) is 5.55. The van der Waals surface area contributed by atoms with E-state index >= 15 is 0 Å². The summed E-state index contributed by atoms with van der Waals surface area (Å²) in [6.07, 6.45) is 0. The first-order valence-electron chi connectivity index (χ1n) is 5.55. The summed E-state index contributed by atoms with van der Waals surface area (Å²) < 4.78 is 0. The number of carbonyl (C=O) groups excluding carboxylic acids is 1. The second-order valence-electron chi connectivity index (χ2n) is 3.76. The molecule has 0 N–H and O–H groups in total. The Bertz CT molecular complexity index is 439. The first-order chi connectivity index (χ1) is 8.01. The van der Waals surface area contributed by atoms with Gasteiger partial charge in [0.25, 0.3) is 11.6 Å². The lowest BCUT2D eigenvalue weighted by atomic mass is 10.1. The number of hydrogen-bond donors (Lipinski definition) is 0. The van der Waals surface area contributed by atoms with Crippen LogP contribution in [0.1, 0.15) is 29.8 Å². The van der Waals surface area contributed by atoms with Crippen LogP contribution in [-0.2, 0) is 0 Å². The minimum Gasteiger partial charge on any atom is -0.339 e. The molecule has 0 aromatic heterocycles. The van der Waals surface area contributed by atoms with Crippen LogP contribution in [-0.4, -0.2) is 28.8 Å². The van der Waals surface area contributed by atoms with Gasteiger partial charge in [-0.1, -0.05) is 6.07 Å². The Labute approximate surface area is 100 Å². The van der Waals surface area contributed by atoms with Crippen molar-refractivity contribution in [2.24, 2.45) is 0 Å². The minimum atomic E-state index is -0.518. The normalized spacial score (nSPS) is 10.1. The molecule has 0 saturated carbocycles. The Kier molecular flexibility index (Phi) is 4.20. The fraction of sp³-hybridized carbons (Fsp3) is 0.417. The number of benzene rings is 1. The second-order valence-corrected chi connectivity index (χ2v) is 3.76. The summed E-state index contributed by atoms with van der Waals surface area (Å²) in [7, 11) is 0. The fourth-order valence-corrected chi connectivity index (χ4v) is 1.66. The van der Waals surface area contributed by atoms with E-state index in [4.69, 9.17) is 0 Å². The van der Waals surface area contributed by atoms with Gasteiger partial charge in [0.1, 0.15) is 5.56 Å². The van der Waals surface area contributed by atoms with Crippen LogP contribution in [0.2, 0.25) is 0 Å². The summed E-state index contributed by atoms with van der Waals surface area (Å²) in [5.41, 5.74) is 0.873. The zero-order valence-corrected chi connectivity index (χ0v) is 10.3. The van der Waals surface area contributed by atoms with Crippen molar-refractivity contribution in [3.05, 3.63) is 39.4 Å². The molecule has 92 valence electrons. The van der Waals surface area contributed by atoms with Crippen molar-refractivity contribution in [2.75, 3.05) is 13.1 Å². The lowest BCUT2D eigenvalue weighted by Gasteiger charge is -2.18. The van der Waals surface area contributed by atoms with Gasteiger partial charge in [-0.25, -0.2) is 0 Å². The molecule has 1 aromatic rings. The van der Waals surface area contributed by atoms with E-state index in [0.717, 1.165) is 5.56 Å². The standard InChI is InChI=1S/C12H16N2O3/c1-4-13(5-2)12(15)10-8-9(3)6-7-11(10)14(16)17/h6-8H,4-5H2,1-3H3. The molecule has 1 amide bonds. The number of carbonyl (C=O) groups is 1. The molecule has 5 nitrogen and oxygen atoms in total. The molecular formula is C12H16N2O3. The summed E-state index contributed by atoms with van der Waals surface area (Å²) >= 11 is 0. The predicted octanol–water partition coefficient (Wildman–Crippen LogP) is 2.39. The molecule has 1 aromatic carbocycles. The van der Waals surface area contributed by atoms with Crippen molar-refractivity contribution in [3.8, 4) is 0 Å². The molecule has 0 bridgehead atoms. The Morgan fingerprint density at radius 2 is 1.94 bits per heavy atom. The van der Waals surface area contributed by atoms with E-state index in [1.807, 2.05) is 20.8 Å². The van der Waals surface area contributed by atoms with Gasteiger partial charge in [0.2, 0.25) is 0 Å². The van der Waals surface area contributed by atoms with Gasteiger partial charge in [-0.05, 0) is 32.4 Å². The summed E-state index contributed by atoms with van der Waals surface area (Å²) in [6, 6.07) is 4.59. The summed E-state index contributed by atoms with van der Waals surface area (Å²) in [5.74, 6) is -0.287. The Morgan fingerprint density at radius 3 is 2.41 bits per heavy atom. The number of aryl methyl sites for hydroxylation is 1. The molecule has 5 heteroatoms. The number of hydrogen-bond acceptors (Lipinski definition) is 3. The second kappa shape index (κ2) is 5.43. The smallest absolute Gasteiger partial charge is 0.282 e. The molecular weight excluding hydrogens is 220 g/mol. The van der Waals surface area contributed by atoms with Gasteiger partial charge < -0.3 is 4.90 Å².